The second-order valence-corrected chi connectivity index (χ2v) is 9.64. The highest BCUT2D eigenvalue weighted by atomic mass is 32.1. The number of hydrogen-bond acceptors (Lipinski definition) is 6. The number of likely N-dealkylation sites (tertiary alicyclic amines) is 1. The molecule has 0 unspecified atom stereocenters. The average molecular weight is 532 g/mol. The van der Waals surface area contributed by atoms with Crippen LogP contribution in [0.25, 0.3) is 11.0 Å². The summed E-state index contributed by atoms with van der Waals surface area (Å²) in [6.07, 6.45) is 4.10. The molecule has 1 fully saturated rings. The second kappa shape index (κ2) is 10.4. The SMILES string of the molecule is CCN1C(=S)N(c2c(F)c(OC)cc(OC)c2F)Cc2cnc3[nH]c(CN4CCC(OC)CC4)cc3c21. The maximum absolute atomic E-state index is 15.4. The summed E-state index contributed by atoms with van der Waals surface area (Å²) in [4.78, 5) is 13.8. The Morgan fingerprint density at radius 3 is 2.32 bits per heavy atom. The van der Waals surface area contributed by atoms with Crippen LogP contribution in [0.3, 0.4) is 0 Å². The van der Waals surface area contributed by atoms with Crippen molar-refractivity contribution in [3.05, 3.63) is 41.2 Å². The number of fused-ring (bicyclic) bond motifs is 3. The highest BCUT2D eigenvalue weighted by Gasteiger charge is 2.35. The summed E-state index contributed by atoms with van der Waals surface area (Å²) in [5.74, 6) is -1.91. The quantitative estimate of drug-likeness (QED) is 0.444. The van der Waals surface area contributed by atoms with Crippen LogP contribution in [-0.2, 0) is 17.8 Å². The van der Waals surface area contributed by atoms with Crippen LogP contribution in [0.15, 0.2) is 18.3 Å². The lowest BCUT2D eigenvalue weighted by molar-refractivity contribution is 0.0386. The molecule has 2 aromatic heterocycles. The Morgan fingerprint density at radius 2 is 1.73 bits per heavy atom. The second-order valence-electron chi connectivity index (χ2n) is 9.27. The summed E-state index contributed by atoms with van der Waals surface area (Å²) in [5, 5.41) is 1.23. The zero-order valence-electron chi connectivity index (χ0n) is 21.4. The lowest BCUT2D eigenvalue weighted by Crippen LogP contribution is -2.48. The van der Waals surface area contributed by atoms with E-state index in [0.29, 0.717) is 17.8 Å². The number of ether oxygens (including phenoxy) is 3. The minimum absolute atomic E-state index is 0.122. The van der Waals surface area contributed by atoms with Crippen molar-refractivity contribution in [2.24, 2.45) is 0 Å². The van der Waals surface area contributed by atoms with Gasteiger partial charge in [-0.15, -0.1) is 0 Å². The van der Waals surface area contributed by atoms with Gasteiger partial charge in [-0.05, 0) is 38.0 Å². The van der Waals surface area contributed by atoms with Gasteiger partial charge in [0.2, 0.25) is 0 Å². The number of pyridine rings is 1. The first kappa shape index (κ1) is 25.6. The molecule has 8 nitrogen and oxygen atoms in total. The van der Waals surface area contributed by atoms with Crippen molar-refractivity contribution < 1.29 is 23.0 Å². The van der Waals surface area contributed by atoms with E-state index in [1.165, 1.54) is 25.2 Å². The molecule has 4 heterocycles. The zero-order chi connectivity index (χ0) is 26.3. The van der Waals surface area contributed by atoms with E-state index >= 15 is 8.78 Å². The molecule has 2 aliphatic heterocycles. The number of H-pyrrole nitrogens is 1. The molecule has 2 aliphatic rings. The number of benzene rings is 1. The van der Waals surface area contributed by atoms with E-state index in [0.717, 1.165) is 60.5 Å². The number of nitrogens with one attached hydrogen (secondary N) is 1. The summed E-state index contributed by atoms with van der Waals surface area (Å²) >= 11 is 5.79. The molecule has 0 spiro atoms. The third-order valence-corrected chi connectivity index (χ3v) is 7.66. The van der Waals surface area contributed by atoms with Gasteiger partial charge in [-0.2, -0.15) is 0 Å². The van der Waals surface area contributed by atoms with Crippen molar-refractivity contribution in [1.29, 1.82) is 0 Å². The van der Waals surface area contributed by atoms with Gasteiger partial charge >= 0.3 is 0 Å². The van der Waals surface area contributed by atoms with Crippen molar-refractivity contribution in [3.63, 3.8) is 0 Å². The first-order valence-corrected chi connectivity index (χ1v) is 12.7. The zero-order valence-corrected chi connectivity index (χ0v) is 22.3. The Bertz CT molecular complexity index is 1300. The molecule has 0 aliphatic carbocycles. The van der Waals surface area contributed by atoms with Crippen LogP contribution in [-0.4, -0.2) is 67.0 Å². The predicted octanol–water partition coefficient (Wildman–Crippen LogP) is 4.60. The summed E-state index contributed by atoms with van der Waals surface area (Å²) in [5.41, 5.74) is 3.24. The van der Waals surface area contributed by atoms with Crippen molar-refractivity contribution in [2.75, 3.05) is 50.8 Å². The first-order chi connectivity index (χ1) is 17.9. The van der Waals surface area contributed by atoms with E-state index in [9.17, 15) is 0 Å². The minimum atomic E-state index is -0.835. The number of methoxy groups -OCH3 is 3. The molecule has 1 aromatic carbocycles. The van der Waals surface area contributed by atoms with Crippen LogP contribution in [0, 0.1) is 11.6 Å². The van der Waals surface area contributed by atoms with Gasteiger partial charge in [0.05, 0.1) is 32.6 Å². The van der Waals surface area contributed by atoms with Gasteiger partial charge in [0.25, 0.3) is 0 Å². The van der Waals surface area contributed by atoms with E-state index in [4.69, 9.17) is 26.4 Å². The molecule has 0 amide bonds. The van der Waals surface area contributed by atoms with Crippen LogP contribution in [0.2, 0.25) is 0 Å². The number of piperidine rings is 1. The van der Waals surface area contributed by atoms with Gasteiger partial charge < -0.3 is 29.0 Å². The topological polar surface area (TPSA) is 66.1 Å². The van der Waals surface area contributed by atoms with E-state index in [1.807, 2.05) is 11.8 Å². The first-order valence-electron chi connectivity index (χ1n) is 12.3. The van der Waals surface area contributed by atoms with Crippen molar-refractivity contribution in [2.45, 2.75) is 39.0 Å². The summed E-state index contributed by atoms with van der Waals surface area (Å²) in [6, 6.07) is 3.30. The molecule has 37 heavy (non-hydrogen) atoms. The molecule has 198 valence electrons. The molecule has 0 radical (unpaired) electrons. The number of aromatic nitrogens is 2. The average Bonchev–Trinajstić information content (AvgIpc) is 3.32. The van der Waals surface area contributed by atoms with Crippen molar-refractivity contribution in [1.82, 2.24) is 14.9 Å². The summed E-state index contributed by atoms with van der Waals surface area (Å²) < 4.78 is 46.5. The largest absolute Gasteiger partial charge is 0.493 e. The number of nitrogens with zero attached hydrogens (tertiary/aromatic N) is 4. The third kappa shape index (κ3) is 4.49. The number of thiocarbonyl (C=S) groups is 1. The van der Waals surface area contributed by atoms with E-state index in [-0.39, 0.29) is 23.7 Å². The fourth-order valence-corrected chi connectivity index (χ4v) is 5.65. The van der Waals surface area contributed by atoms with Crippen molar-refractivity contribution >= 4 is 39.7 Å². The highest BCUT2D eigenvalue weighted by molar-refractivity contribution is 7.80. The van der Waals surface area contributed by atoms with Gasteiger partial charge in [0, 0.05) is 62.2 Å². The Hall–Kier alpha value is -3.02. The molecule has 0 atom stereocenters. The molecule has 11 heteroatoms. The fraction of sp³-hybridized carbons (Fsp3) is 0.462. The summed E-state index contributed by atoms with van der Waals surface area (Å²) in [6.45, 7) is 5.35. The lowest BCUT2D eigenvalue weighted by atomic mass is 10.1. The van der Waals surface area contributed by atoms with Gasteiger partial charge in [-0.1, -0.05) is 0 Å². The Morgan fingerprint density at radius 1 is 1.05 bits per heavy atom. The van der Waals surface area contributed by atoms with Crippen LogP contribution < -0.4 is 19.3 Å². The molecule has 1 saturated heterocycles. The lowest BCUT2D eigenvalue weighted by Gasteiger charge is -2.39. The summed E-state index contributed by atoms with van der Waals surface area (Å²) in [7, 11) is 4.42. The maximum atomic E-state index is 15.4. The maximum Gasteiger partial charge on any atom is 0.192 e. The Labute approximate surface area is 220 Å². The van der Waals surface area contributed by atoms with Crippen LogP contribution in [0.1, 0.15) is 31.0 Å². The molecular formula is C26H31F2N5O3S. The van der Waals surface area contributed by atoms with E-state index < -0.39 is 11.6 Å². The van der Waals surface area contributed by atoms with Gasteiger partial charge in [0.1, 0.15) is 11.3 Å². The number of halogens is 2. The number of anilines is 2. The number of hydrogen-bond donors (Lipinski definition) is 1. The van der Waals surface area contributed by atoms with Crippen LogP contribution >= 0.6 is 12.2 Å². The molecule has 0 saturated carbocycles. The van der Waals surface area contributed by atoms with Crippen molar-refractivity contribution in [3.8, 4) is 11.5 Å². The Balaban J connectivity index is 1.51. The van der Waals surface area contributed by atoms with E-state index in [1.54, 1.807) is 13.3 Å². The molecule has 0 bridgehead atoms. The smallest absolute Gasteiger partial charge is 0.192 e. The molecule has 1 N–H and O–H groups in total. The minimum Gasteiger partial charge on any atom is -0.493 e. The number of aromatic amines is 1. The third-order valence-electron chi connectivity index (χ3n) is 7.22. The predicted molar refractivity (Wildman–Crippen MR) is 143 cm³/mol. The number of rotatable bonds is 7. The molecule has 5 rings (SSSR count). The van der Waals surface area contributed by atoms with Gasteiger partial charge in [0.15, 0.2) is 28.2 Å². The fourth-order valence-electron chi connectivity index (χ4n) is 5.28. The molecule has 3 aromatic rings. The standard InChI is InChI=1S/C26H31F2N5O3S/c1-5-32-23-15(13-33(26(32)37)24-21(27)19(35-3)11-20(36-4)22(24)28)12-29-25-18(23)10-16(30-25)14-31-8-6-17(34-2)7-9-31/h10-12,17H,5-9,13-14H2,1-4H3,(H,29,30). The van der Waals surface area contributed by atoms with E-state index in [2.05, 4.69) is 20.9 Å². The monoisotopic (exact) mass is 531 g/mol. The normalized spacial score (nSPS) is 17.0. The van der Waals surface area contributed by atoms with Gasteiger partial charge in [-0.3, -0.25) is 4.90 Å². The van der Waals surface area contributed by atoms with Crippen LogP contribution in [0.5, 0.6) is 11.5 Å². The van der Waals surface area contributed by atoms with Gasteiger partial charge in [-0.25, -0.2) is 13.8 Å². The van der Waals surface area contributed by atoms with Crippen LogP contribution in [0.4, 0.5) is 20.2 Å². The Kier molecular flexibility index (Phi) is 7.19. The highest BCUT2D eigenvalue weighted by Crippen LogP contribution is 2.42. The molecular weight excluding hydrogens is 500 g/mol.